The van der Waals surface area contributed by atoms with Crippen molar-refractivity contribution in [3.63, 3.8) is 0 Å². The minimum Gasteiger partial charge on any atom is -0.377 e. The summed E-state index contributed by atoms with van der Waals surface area (Å²) in [5.41, 5.74) is 0. The Kier molecular flexibility index (Phi) is 14.6. The van der Waals surface area contributed by atoms with E-state index in [9.17, 15) is 4.57 Å². The van der Waals surface area contributed by atoms with Gasteiger partial charge < -0.3 is 18.5 Å². The molecule has 2 atom stereocenters. The van der Waals surface area contributed by atoms with E-state index >= 15 is 0 Å². The molecule has 2 unspecified atom stereocenters. The van der Waals surface area contributed by atoms with E-state index in [-0.39, 0.29) is 15.6 Å². The molecule has 0 aromatic heterocycles. The average Bonchev–Trinajstić information content (AvgIpc) is 2.35. The Labute approximate surface area is 104 Å². The van der Waals surface area contributed by atoms with Crippen LogP contribution in [0.5, 0.6) is 0 Å². The first-order valence-corrected chi connectivity index (χ1v) is 6.92. The van der Waals surface area contributed by atoms with Gasteiger partial charge in [0.1, 0.15) is 6.61 Å². The van der Waals surface area contributed by atoms with Gasteiger partial charge in [0.05, 0.1) is 40.1 Å². The largest absolute Gasteiger partial charge is 0.697 e. The second kappa shape index (κ2) is 14.4. The van der Waals surface area contributed by atoms with Crippen LogP contribution in [0.1, 0.15) is 0 Å². The number of hydrogen-bond donors (Lipinski definition) is 0. The summed E-state index contributed by atoms with van der Waals surface area (Å²) in [6.45, 7) is 2.54. The van der Waals surface area contributed by atoms with Crippen LogP contribution in [-0.4, -0.2) is 53.9 Å². The molecule has 9 heteroatoms. The van der Waals surface area contributed by atoms with Crippen molar-refractivity contribution in [1.82, 2.24) is 0 Å². The van der Waals surface area contributed by atoms with Crippen LogP contribution < -0.4 is 0 Å². The van der Waals surface area contributed by atoms with E-state index in [4.69, 9.17) is 23.0 Å². The molecule has 0 amide bonds. The summed E-state index contributed by atoms with van der Waals surface area (Å²) in [7, 11) is 0.948. The second-order valence-corrected chi connectivity index (χ2v) is 4.53. The van der Waals surface area contributed by atoms with Crippen molar-refractivity contribution >= 4 is 17.3 Å². The molecule has 0 aromatic rings. The van der Waals surface area contributed by atoms with Gasteiger partial charge >= 0.3 is 8.25 Å². The number of rotatable bonds is 13. The predicted octanol–water partition coefficient (Wildman–Crippen LogP) is 1.51. The third kappa shape index (κ3) is 14.2. The van der Waals surface area contributed by atoms with Gasteiger partial charge in [-0.05, 0) is 0 Å². The lowest BCUT2D eigenvalue weighted by Gasteiger charge is -2.04. The zero-order valence-corrected chi connectivity index (χ0v) is 11.9. The molecule has 0 saturated heterocycles. The molecule has 0 saturated carbocycles. The lowest BCUT2D eigenvalue weighted by Crippen LogP contribution is -2.10. The summed E-state index contributed by atoms with van der Waals surface area (Å²) in [4.78, 5) is 0. The van der Waals surface area contributed by atoms with Crippen molar-refractivity contribution in [1.29, 1.82) is 0 Å². The molecule has 0 N–H and O–H groups in total. The molecule has 0 aromatic carbocycles. The van der Waals surface area contributed by atoms with Crippen molar-refractivity contribution in [2.45, 2.75) is 0 Å². The molecule has 0 aliphatic rings. The Hall–Kier alpha value is 0.290. The molecular formula is C8H19O7P2+. The lowest BCUT2D eigenvalue weighted by molar-refractivity contribution is 0.0272. The first-order valence-electron chi connectivity index (χ1n) is 5.00. The highest BCUT2D eigenvalue weighted by atomic mass is 31.1. The van der Waals surface area contributed by atoms with Crippen LogP contribution in [0.2, 0.25) is 0 Å². The van der Waals surface area contributed by atoms with Crippen LogP contribution >= 0.6 is 17.3 Å². The van der Waals surface area contributed by atoms with Crippen LogP contribution in [-0.2, 0) is 32.1 Å². The van der Waals surface area contributed by atoms with E-state index in [0.29, 0.717) is 33.0 Å². The second-order valence-electron chi connectivity index (χ2n) is 2.60. The Balaban J connectivity index is 2.96. The topological polar surface area (TPSA) is 72.5 Å². The number of ether oxygens (including phenoxy) is 2. The fourth-order valence-electron chi connectivity index (χ4n) is 0.747. The minimum atomic E-state index is -2.00. The first kappa shape index (κ1) is 17.3. The van der Waals surface area contributed by atoms with Gasteiger partial charge in [-0.1, -0.05) is 0 Å². The maximum absolute atomic E-state index is 10.7. The normalized spacial score (nSPS) is 12.5. The summed E-state index contributed by atoms with van der Waals surface area (Å²) in [5.74, 6) is 0. The van der Waals surface area contributed by atoms with Gasteiger partial charge in [0, 0.05) is 11.7 Å². The van der Waals surface area contributed by atoms with Crippen LogP contribution in [0.3, 0.4) is 0 Å². The molecule has 7 nitrogen and oxygen atoms in total. The molecule has 0 radical (unpaired) electrons. The highest BCUT2D eigenvalue weighted by Crippen LogP contribution is 2.20. The summed E-state index contributed by atoms with van der Waals surface area (Å²) in [6.07, 6.45) is 0. The number of hydrogen-bond acceptors (Lipinski definition) is 7. The van der Waals surface area contributed by atoms with Gasteiger partial charge in [-0.25, -0.2) is 0 Å². The highest BCUT2D eigenvalue weighted by molar-refractivity contribution is 7.33. The molecule has 0 spiro atoms. The van der Waals surface area contributed by atoms with Crippen molar-refractivity contribution in [2.24, 2.45) is 0 Å². The van der Waals surface area contributed by atoms with Gasteiger partial charge in [0.25, 0.3) is 0 Å². The van der Waals surface area contributed by atoms with E-state index in [2.05, 4.69) is 4.52 Å². The SMILES string of the molecule is COPOCCOCCOCCO[P+](=O)OC. The van der Waals surface area contributed by atoms with E-state index in [0.717, 1.165) is 0 Å². The van der Waals surface area contributed by atoms with Crippen molar-refractivity contribution in [2.75, 3.05) is 53.9 Å². The van der Waals surface area contributed by atoms with Gasteiger partial charge in [0.15, 0.2) is 9.03 Å². The molecule has 0 bridgehead atoms. The van der Waals surface area contributed by atoms with Crippen molar-refractivity contribution in [3.05, 3.63) is 0 Å². The Morgan fingerprint density at radius 1 is 0.941 bits per heavy atom. The molecule has 0 heterocycles. The first-order chi connectivity index (χ1) is 8.31. The van der Waals surface area contributed by atoms with Crippen LogP contribution in [0.4, 0.5) is 0 Å². The van der Waals surface area contributed by atoms with Crippen molar-refractivity contribution in [3.8, 4) is 0 Å². The molecular weight excluding hydrogens is 270 g/mol. The summed E-state index contributed by atoms with van der Waals surface area (Å²) >= 11 is 0. The predicted molar refractivity (Wildman–Crippen MR) is 63.5 cm³/mol. The third-order valence-corrected chi connectivity index (χ3v) is 2.60. The van der Waals surface area contributed by atoms with Crippen LogP contribution in [0.15, 0.2) is 0 Å². The summed E-state index contributed by atoms with van der Waals surface area (Å²) in [6, 6.07) is 0. The molecule has 17 heavy (non-hydrogen) atoms. The molecule has 0 aliphatic carbocycles. The van der Waals surface area contributed by atoms with Gasteiger partial charge in [0.2, 0.25) is 0 Å². The lowest BCUT2D eigenvalue weighted by atomic mass is 10.7. The molecule has 102 valence electrons. The monoisotopic (exact) mass is 289 g/mol. The van der Waals surface area contributed by atoms with E-state index in [1.807, 2.05) is 0 Å². The van der Waals surface area contributed by atoms with Crippen molar-refractivity contribution < 1.29 is 32.1 Å². The third-order valence-electron chi connectivity index (χ3n) is 1.42. The summed E-state index contributed by atoms with van der Waals surface area (Å²) < 4.78 is 40.0. The smallest absolute Gasteiger partial charge is 0.377 e. The summed E-state index contributed by atoms with van der Waals surface area (Å²) in [5, 5.41) is 0. The molecule has 0 aliphatic heterocycles. The maximum atomic E-state index is 10.7. The van der Waals surface area contributed by atoms with Crippen LogP contribution in [0, 0.1) is 0 Å². The Morgan fingerprint density at radius 3 is 2.12 bits per heavy atom. The standard InChI is InChI=1S/C8H19O7P2/c1-10-16-14-7-5-12-3-4-13-6-8-15-17(9)11-2/h16H,3-8H2,1-2H3/q+1. The van der Waals surface area contributed by atoms with Gasteiger partial charge in [-0.2, -0.15) is 0 Å². The van der Waals surface area contributed by atoms with E-state index in [1.54, 1.807) is 7.11 Å². The molecule has 0 fully saturated rings. The van der Waals surface area contributed by atoms with E-state index in [1.165, 1.54) is 7.11 Å². The molecule has 0 rings (SSSR count). The quantitative estimate of drug-likeness (QED) is 0.376. The van der Waals surface area contributed by atoms with E-state index < -0.39 is 8.25 Å². The van der Waals surface area contributed by atoms with Crippen LogP contribution in [0.25, 0.3) is 0 Å². The Morgan fingerprint density at radius 2 is 1.53 bits per heavy atom. The zero-order valence-electron chi connectivity index (χ0n) is 10.0. The van der Waals surface area contributed by atoms with Gasteiger partial charge in [-0.3, -0.25) is 0 Å². The average molecular weight is 289 g/mol. The zero-order chi connectivity index (χ0) is 12.8. The maximum Gasteiger partial charge on any atom is 0.697 e. The minimum absolute atomic E-state index is 0.0568. The Bertz CT molecular complexity index is 181. The highest BCUT2D eigenvalue weighted by Gasteiger charge is 2.15. The fourth-order valence-corrected chi connectivity index (χ4v) is 1.36. The fraction of sp³-hybridized carbons (Fsp3) is 1.00. The van der Waals surface area contributed by atoms with Gasteiger partial charge in [-0.15, -0.1) is 9.05 Å².